The molecule has 0 aliphatic heterocycles. The van der Waals surface area contributed by atoms with Crippen LogP contribution in [0.1, 0.15) is 97.3 Å². The van der Waals surface area contributed by atoms with Gasteiger partial charge in [-0.3, -0.25) is 9.59 Å². The Labute approximate surface area is 227 Å². The van der Waals surface area contributed by atoms with E-state index in [2.05, 4.69) is 44.3 Å². The minimum atomic E-state index is 0.0327. The SMILES string of the molecule is CCCC(C)c1ccc(NC(=O)C2CCC(C3C4CCc5c(CN)ccc(C)c5C(=O)C43)CC2)cc1OC. The molecule has 4 unspecified atom stereocenters. The molecule has 3 aliphatic rings. The molecular formula is C33H44N2O3. The molecule has 0 aromatic heterocycles. The van der Waals surface area contributed by atoms with E-state index in [1.54, 1.807) is 7.11 Å². The summed E-state index contributed by atoms with van der Waals surface area (Å²) in [4.78, 5) is 26.8. The van der Waals surface area contributed by atoms with Crippen LogP contribution in [-0.2, 0) is 17.8 Å². The average molecular weight is 517 g/mol. The number of fused-ring (bicyclic) bond motifs is 2. The summed E-state index contributed by atoms with van der Waals surface area (Å²) in [5.74, 6) is 3.48. The number of carbonyl (C=O) groups excluding carboxylic acids is 2. The molecule has 2 fully saturated rings. The smallest absolute Gasteiger partial charge is 0.227 e. The summed E-state index contributed by atoms with van der Waals surface area (Å²) in [7, 11) is 1.70. The van der Waals surface area contributed by atoms with Crippen LogP contribution in [0.3, 0.4) is 0 Å². The standard InChI is InChI=1S/C33H44N2O3/c1-5-6-19(2)25-14-13-24(17-28(25)38-4)35-33(37)22-11-9-21(10-12-22)30-27-16-15-26-23(18-34)8-7-20(3)29(26)32(36)31(27)30/h7-8,13-14,17,19,21-22,27,30-31H,5-6,9-12,15-16,18,34H2,1-4H3,(H,35,37). The lowest BCUT2D eigenvalue weighted by Crippen LogP contribution is -2.28. The van der Waals surface area contributed by atoms with Gasteiger partial charge < -0.3 is 15.8 Å². The maximum atomic E-state index is 13.6. The lowest BCUT2D eigenvalue weighted by molar-refractivity contribution is -0.121. The highest BCUT2D eigenvalue weighted by molar-refractivity contribution is 6.03. The Hall–Kier alpha value is -2.66. The van der Waals surface area contributed by atoms with Gasteiger partial charge in [-0.25, -0.2) is 0 Å². The van der Waals surface area contributed by atoms with Crippen molar-refractivity contribution >= 4 is 17.4 Å². The molecule has 2 saturated carbocycles. The first-order valence-electron chi connectivity index (χ1n) is 14.7. The van der Waals surface area contributed by atoms with E-state index >= 15 is 0 Å². The molecule has 0 saturated heterocycles. The number of nitrogens with two attached hydrogens (primary N) is 1. The lowest BCUT2D eigenvalue weighted by atomic mass is 9.77. The molecule has 2 aromatic carbocycles. The van der Waals surface area contributed by atoms with Gasteiger partial charge in [0.2, 0.25) is 5.91 Å². The third-order valence-corrected chi connectivity index (χ3v) is 9.79. The summed E-state index contributed by atoms with van der Waals surface area (Å²) in [6, 6.07) is 10.2. The maximum Gasteiger partial charge on any atom is 0.227 e. The molecule has 3 N–H and O–H groups in total. The van der Waals surface area contributed by atoms with Crippen LogP contribution in [0.4, 0.5) is 5.69 Å². The van der Waals surface area contributed by atoms with E-state index in [4.69, 9.17) is 10.5 Å². The van der Waals surface area contributed by atoms with Crippen LogP contribution in [0.5, 0.6) is 5.75 Å². The number of amides is 1. The Kier molecular flexibility index (Phi) is 7.95. The molecule has 3 aliphatic carbocycles. The van der Waals surface area contributed by atoms with Crippen LogP contribution in [-0.4, -0.2) is 18.8 Å². The second-order valence-corrected chi connectivity index (χ2v) is 12.0. The highest BCUT2D eigenvalue weighted by atomic mass is 16.5. The van der Waals surface area contributed by atoms with Crippen LogP contribution in [0.25, 0.3) is 0 Å². The Balaban J connectivity index is 1.19. The van der Waals surface area contributed by atoms with E-state index in [0.29, 0.717) is 36.0 Å². The lowest BCUT2D eigenvalue weighted by Gasteiger charge is -2.29. The first kappa shape index (κ1) is 26.9. The molecule has 0 spiro atoms. The summed E-state index contributed by atoms with van der Waals surface area (Å²) in [5.41, 5.74) is 12.4. The molecule has 5 nitrogen and oxygen atoms in total. The number of rotatable bonds is 8. The zero-order chi connectivity index (χ0) is 27.0. The number of benzene rings is 2. The van der Waals surface area contributed by atoms with Gasteiger partial charge in [-0.2, -0.15) is 0 Å². The average Bonchev–Trinajstić information content (AvgIpc) is 3.67. The van der Waals surface area contributed by atoms with E-state index in [-0.39, 0.29) is 17.7 Å². The second-order valence-electron chi connectivity index (χ2n) is 12.0. The van der Waals surface area contributed by atoms with E-state index in [1.807, 2.05) is 12.1 Å². The first-order valence-corrected chi connectivity index (χ1v) is 14.7. The zero-order valence-corrected chi connectivity index (χ0v) is 23.5. The van der Waals surface area contributed by atoms with Crippen molar-refractivity contribution in [2.45, 2.75) is 84.6 Å². The molecule has 5 heteroatoms. The highest BCUT2D eigenvalue weighted by Gasteiger charge is 2.58. The van der Waals surface area contributed by atoms with Crippen LogP contribution < -0.4 is 15.8 Å². The Morgan fingerprint density at radius 3 is 2.58 bits per heavy atom. The van der Waals surface area contributed by atoms with Gasteiger partial charge >= 0.3 is 0 Å². The molecule has 4 atom stereocenters. The molecule has 2 aromatic rings. The number of anilines is 1. The number of Topliss-reactive ketones (excluding diaryl/α,β-unsaturated/α-hetero) is 1. The van der Waals surface area contributed by atoms with Gasteiger partial charge in [-0.15, -0.1) is 0 Å². The van der Waals surface area contributed by atoms with E-state index < -0.39 is 0 Å². The predicted octanol–water partition coefficient (Wildman–Crippen LogP) is 6.80. The van der Waals surface area contributed by atoms with Crippen molar-refractivity contribution in [1.29, 1.82) is 0 Å². The number of ether oxygens (including phenoxy) is 1. The third kappa shape index (κ3) is 5.02. The molecule has 0 radical (unpaired) electrons. The second kappa shape index (κ2) is 11.2. The summed E-state index contributed by atoms with van der Waals surface area (Å²) < 4.78 is 5.65. The van der Waals surface area contributed by atoms with Gasteiger partial charge in [0.25, 0.3) is 0 Å². The first-order chi connectivity index (χ1) is 18.4. The zero-order valence-electron chi connectivity index (χ0n) is 23.5. The largest absolute Gasteiger partial charge is 0.496 e. The van der Waals surface area contributed by atoms with Crippen molar-refractivity contribution in [3.63, 3.8) is 0 Å². The number of aryl methyl sites for hydroxylation is 1. The van der Waals surface area contributed by atoms with Gasteiger partial charge in [0.1, 0.15) is 5.75 Å². The number of hydrogen-bond acceptors (Lipinski definition) is 4. The van der Waals surface area contributed by atoms with Crippen molar-refractivity contribution < 1.29 is 14.3 Å². The number of carbonyl (C=O) groups is 2. The summed E-state index contributed by atoms with van der Waals surface area (Å²) in [6.45, 7) is 6.98. The van der Waals surface area contributed by atoms with Gasteiger partial charge in [0, 0.05) is 35.7 Å². The third-order valence-electron chi connectivity index (χ3n) is 9.79. The minimum Gasteiger partial charge on any atom is -0.496 e. The summed E-state index contributed by atoms with van der Waals surface area (Å²) in [6.07, 6.45) is 8.16. The van der Waals surface area contributed by atoms with Gasteiger partial charge in [0.15, 0.2) is 5.78 Å². The van der Waals surface area contributed by atoms with Crippen LogP contribution in [0, 0.1) is 36.5 Å². The van der Waals surface area contributed by atoms with Crippen LogP contribution in [0.2, 0.25) is 0 Å². The summed E-state index contributed by atoms with van der Waals surface area (Å²) in [5, 5.41) is 3.15. The number of methoxy groups -OCH3 is 1. The Morgan fingerprint density at radius 2 is 1.89 bits per heavy atom. The summed E-state index contributed by atoms with van der Waals surface area (Å²) >= 11 is 0. The highest BCUT2D eigenvalue weighted by Crippen LogP contribution is 2.60. The topological polar surface area (TPSA) is 81.4 Å². The van der Waals surface area contributed by atoms with E-state index in [0.717, 1.165) is 79.5 Å². The van der Waals surface area contributed by atoms with Crippen LogP contribution >= 0.6 is 0 Å². The van der Waals surface area contributed by atoms with E-state index in [1.165, 1.54) is 11.1 Å². The van der Waals surface area contributed by atoms with Gasteiger partial charge in [-0.05, 0) is 104 Å². The fourth-order valence-electron chi connectivity index (χ4n) is 7.69. The van der Waals surface area contributed by atoms with Crippen molar-refractivity contribution in [2.24, 2.45) is 35.3 Å². The van der Waals surface area contributed by atoms with Crippen molar-refractivity contribution in [3.05, 3.63) is 58.1 Å². The number of ketones is 1. The van der Waals surface area contributed by atoms with Crippen molar-refractivity contribution in [1.82, 2.24) is 0 Å². The molecule has 0 heterocycles. The van der Waals surface area contributed by atoms with Crippen molar-refractivity contribution in [3.8, 4) is 5.75 Å². The van der Waals surface area contributed by atoms with Crippen molar-refractivity contribution in [2.75, 3.05) is 12.4 Å². The van der Waals surface area contributed by atoms with E-state index in [9.17, 15) is 9.59 Å². The molecular weight excluding hydrogens is 472 g/mol. The minimum absolute atomic E-state index is 0.0327. The fraction of sp³-hybridized carbons (Fsp3) is 0.576. The quantitative estimate of drug-likeness (QED) is 0.404. The molecule has 0 bridgehead atoms. The predicted molar refractivity (Wildman–Crippen MR) is 153 cm³/mol. The molecule has 38 heavy (non-hydrogen) atoms. The molecule has 5 rings (SSSR count). The Bertz CT molecular complexity index is 1200. The van der Waals surface area contributed by atoms with Gasteiger partial charge in [-0.1, -0.05) is 38.5 Å². The normalized spacial score (nSPS) is 27.1. The molecule has 204 valence electrons. The molecule has 1 amide bonds. The monoisotopic (exact) mass is 516 g/mol. The number of nitrogens with one attached hydrogen (secondary N) is 1. The van der Waals surface area contributed by atoms with Gasteiger partial charge in [0.05, 0.1) is 7.11 Å². The maximum absolute atomic E-state index is 13.6. The number of hydrogen-bond donors (Lipinski definition) is 2. The fourth-order valence-corrected chi connectivity index (χ4v) is 7.69. The Morgan fingerprint density at radius 1 is 1.13 bits per heavy atom. The van der Waals surface area contributed by atoms with Crippen LogP contribution in [0.15, 0.2) is 30.3 Å².